The van der Waals surface area contributed by atoms with Crippen LogP contribution in [0.2, 0.25) is 0 Å². The van der Waals surface area contributed by atoms with Gasteiger partial charge in [0.2, 0.25) is 0 Å². The van der Waals surface area contributed by atoms with E-state index in [-0.39, 0.29) is 6.42 Å². The zero-order chi connectivity index (χ0) is 30.9. The summed E-state index contributed by atoms with van der Waals surface area (Å²) in [6, 6.07) is 0. The number of esters is 4. The van der Waals surface area contributed by atoms with E-state index in [0.717, 1.165) is 25.7 Å². The van der Waals surface area contributed by atoms with E-state index in [1.165, 1.54) is 83.5 Å². The number of ether oxygens (including phenoxy) is 2. The second kappa shape index (κ2) is 19.5. The van der Waals surface area contributed by atoms with Crippen molar-refractivity contribution >= 4 is 23.9 Å². The second-order valence-electron chi connectivity index (χ2n) is 14.6. The van der Waals surface area contributed by atoms with E-state index in [4.69, 9.17) is 9.47 Å². The molecule has 0 bridgehead atoms. The second-order valence-corrected chi connectivity index (χ2v) is 14.6. The molecule has 0 aromatic carbocycles. The first-order valence-electron chi connectivity index (χ1n) is 16.8. The number of unbranched alkanes of at least 4 members (excludes halogenated alkanes) is 11. The van der Waals surface area contributed by atoms with Crippen LogP contribution in [0.5, 0.6) is 0 Å². The summed E-state index contributed by atoms with van der Waals surface area (Å²) in [5.41, 5.74) is -1.65. The molecule has 1 aliphatic rings. The molecule has 0 radical (unpaired) electrons. The maximum absolute atomic E-state index is 13.1. The smallest absolute Gasteiger partial charge is 0.318 e. The van der Waals surface area contributed by atoms with Crippen molar-refractivity contribution in [1.29, 1.82) is 0 Å². The van der Waals surface area contributed by atoms with Crippen LogP contribution >= 0.6 is 0 Å². The molecule has 41 heavy (non-hydrogen) atoms. The molecule has 6 nitrogen and oxygen atoms in total. The van der Waals surface area contributed by atoms with Crippen molar-refractivity contribution in [3.63, 3.8) is 0 Å². The molecule has 0 heterocycles. The van der Waals surface area contributed by atoms with E-state index in [1.807, 2.05) is 0 Å². The predicted octanol–water partition coefficient (Wildman–Crippen LogP) is 9.51. The van der Waals surface area contributed by atoms with Gasteiger partial charge < -0.3 is 9.47 Å². The van der Waals surface area contributed by atoms with E-state index in [1.54, 1.807) is 41.5 Å². The summed E-state index contributed by atoms with van der Waals surface area (Å²) >= 11 is 0. The molecule has 0 spiro atoms. The van der Waals surface area contributed by atoms with Crippen LogP contribution in [-0.4, -0.2) is 23.9 Å². The molecule has 0 aromatic rings. The third kappa shape index (κ3) is 16.5. The maximum atomic E-state index is 13.1. The standard InChI is InChI=1S/C35H62O6/c1-8-9-10-11-12-13-14-15-16-17-18-19-22-27-23-20-21-24-28(27)25-29(31(37)41-33(39)35(5,6)7)26-30(36)40-32(38)34(2,3)4/h27-29H,8-26H2,1-7H3. The fourth-order valence-electron chi connectivity index (χ4n) is 5.68. The number of hydrogen-bond acceptors (Lipinski definition) is 6. The highest BCUT2D eigenvalue weighted by molar-refractivity contribution is 5.93. The number of carbonyl (C=O) groups is 4. The molecule has 0 saturated heterocycles. The van der Waals surface area contributed by atoms with Gasteiger partial charge in [-0.15, -0.1) is 0 Å². The van der Waals surface area contributed by atoms with Gasteiger partial charge in [-0.05, 0) is 59.8 Å². The highest BCUT2D eigenvalue weighted by Crippen LogP contribution is 2.39. The molecule has 0 aliphatic heterocycles. The van der Waals surface area contributed by atoms with Gasteiger partial charge in [-0.1, -0.05) is 116 Å². The van der Waals surface area contributed by atoms with Crippen LogP contribution < -0.4 is 0 Å². The van der Waals surface area contributed by atoms with E-state index < -0.39 is 40.6 Å². The average Bonchev–Trinajstić information content (AvgIpc) is 2.88. The van der Waals surface area contributed by atoms with Gasteiger partial charge in [-0.3, -0.25) is 19.2 Å². The van der Waals surface area contributed by atoms with Gasteiger partial charge in [0.25, 0.3) is 0 Å². The van der Waals surface area contributed by atoms with Gasteiger partial charge in [-0.2, -0.15) is 0 Å². The van der Waals surface area contributed by atoms with Gasteiger partial charge in [0, 0.05) is 0 Å². The van der Waals surface area contributed by atoms with Gasteiger partial charge in [0.1, 0.15) is 0 Å². The number of hydrogen-bond donors (Lipinski definition) is 0. The molecule has 1 rings (SSSR count). The Hall–Kier alpha value is -1.72. The first kappa shape index (κ1) is 37.3. The van der Waals surface area contributed by atoms with E-state index in [0.29, 0.717) is 18.3 Å². The van der Waals surface area contributed by atoms with Crippen LogP contribution in [-0.2, 0) is 28.7 Å². The minimum Gasteiger partial charge on any atom is -0.393 e. The molecule has 0 amide bonds. The fraction of sp³-hybridized carbons (Fsp3) is 0.886. The summed E-state index contributed by atoms with van der Waals surface area (Å²) in [6.45, 7) is 12.4. The van der Waals surface area contributed by atoms with Gasteiger partial charge in [-0.25, -0.2) is 0 Å². The lowest BCUT2D eigenvalue weighted by Crippen LogP contribution is -2.34. The average molecular weight is 579 g/mol. The number of rotatable bonds is 18. The lowest BCUT2D eigenvalue weighted by Gasteiger charge is -2.33. The fourth-order valence-corrected chi connectivity index (χ4v) is 5.68. The van der Waals surface area contributed by atoms with Crippen molar-refractivity contribution in [1.82, 2.24) is 0 Å². The van der Waals surface area contributed by atoms with Crippen molar-refractivity contribution in [2.45, 2.75) is 170 Å². The topological polar surface area (TPSA) is 86.7 Å². The monoisotopic (exact) mass is 578 g/mol. The van der Waals surface area contributed by atoms with Crippen molar-refractivity contribution < 1.29 is 28.7 Å². The third-order valence-corrected chi connectivity index (χ3v) is 8.45. The lowest BCUT2D eigenvalue weighted by atomic mass is 9.72. The zero-order valence-corrected chi connectivity index (χ0v) is 27.6. The molecule has 238 valence electrons. The third-order valence-electron chi connectivity index (χ3n) is 8.45. The molecule has 3 unspecified atom stereocenters. The van der Waals surface area contributed by atoms with Crippen molar-refractivity contribution in [3.8, 4) is 0 Å². The Morgan fingerprint density at radius 2 is 1.07 bits per heavy atom. The Labute approximate surface area is 251 Å². The normalized spacial score (nSPS) is 18.5. The summed E-state index contributed by atoms with van der Waals surface area (Å²) in [7, 11) is 0. The number of carbonyl (C=O) groups excluding carboxylic acids is 4. The van der Waals surface area contributed by atoms with Gasteiger partial charge >= 0.3 is 23.9 Å². The Kier molecular flexibility index (Phi) is 17.7. The van der Waals surface area contributed by atoms with E-state index in [9.17, 15) is 19.2 Å². The summed E-state index contributed by atoms with van der Waals surface area (Å²) in [6.07, 6.45) is 21.7. The Balaban J connectivity index is 2.62. The van der Waals surface area contributed by atoms with Crippen molar-refractivity contribution in [3.05, 3.63) is 0 Å². The highest BCUT2D eigenvalue weighted by atomic mass is 16.6. The quantitative estimate of drug-likeness (QED) is 0.0914. The lowest BCUT2D eigenvalue weighted by molar-refractivity contribution is -0.174. The molecule has 1 aliphatic carbocycles. The molecule has 1 saturated carbocycles. The van der Waals surface area contributed by atoms with E-state index in [2.05, 4.69) is 6.92 Å². The first-order valence-corrected chi connectivity index (χ1v) is 16.8. The van der Waals surface area contributed by atoms with Crippen LogP contribution in [0, 0.1) is 28.6 Å². The maximum Gasteiger partial charge on any atom is 0.318 e. The molecular weight excluding hydrogens is 516 g/mol. The van der Waals surface area contributed by atoms with Crippen LogP contribution in [0.1, 0.15) is 170 Å². The highest BCUT2D eigenvalue weighted by Gasteiger charge is 2.36. The summed E-state index contributed by atoms with van der Waals surface area (Å²) in [4.78, 5) is 50.5. The SMILES string of the molecule is CCCCCCCCCCCCCCC1CCCCC1CC(CC(=O)OC(=O)C(C)(C)C)C(=O)OC(=O)C(C)(C)C. The van der Waals surface area contributed by atoms with Crippen LogP contribution in [0.15, 0.2) is 0 Å². The first-order chi connectivity index (χ1) is 19.3. The Morgan fingerprint density at radius 3 is 1.56 bits per heavy atom. The minimum atomic E-state index is -0.828. The Morgan fingerprint density at radius 1 is 0.634 bits per heavy atom. The predicted molar refractivity (Wildman–Crippen MR) is 165 cm³/mol. The Bertz CT molecular complexity index is 787. The zero-order valence-electron chi connectivity index (χ0n) is 27.6. The molecule has 0 N–H and O–H groups in total. The van der Waals surface area contributed by atoms with E-state index >= 15 is 0 Å². The molecule has 6 heteroatoms. The molecule has 3 atom stereocenters. The van der Waals surface area contributed by atoms with Crippen molar-refractivity contribution in [2.24, 2.45) is 28.6 Å². The molecule has 0 aromatic heterocycles. The van der Waals surface area contributed by atoms with Gasteiger partial charge in [0.15, 0.2) is 0 Å². The summed E-state index contributed by atoms with van der Waals surface area (Å²) in [5, 5.41) is 0. The molecule has 1 fully saturated rings. The van der Waals surface area contributed by atoms with Crippen LogP contribution in [0.4, 0.5) is 0 Å². The largest absolute Gasteiger partial charge is 0.393 e. The van der Waals surface area contributed by atoms with Crippen molar-refractivity contribution in [2.75, 3.05) is 0 Å². The summed E-state index contributed by atoms with van der Waals surface area (Å²) < 4.78 is 10.3. The molecular formula is C35H62O6. The summed E-state index contributed by atoms with van der Waals surface area (Å²) in [5.74, 6) is -2.64. The van der Waals surface area contributed by atoms with Gasteiger partial charge in [0.05, 0.1) is 23.2 Å². The minimum absolute atomic E-state index is 0.250. The van der Waals surface area contributed by atoms with Crippen LogP contribution in [0.25, 0.3) is 0 Å². The van der Waals surface area contributed by atoms with Crippen LogP contribution in [0.3, 0.4) is 0 Å².